The molecular weight excluding hydrogens is 545 g/mol. The highest BCUT2D eigenvalue weighted by atomic mass is 32.2. The van der Waals surface area contributed by atoms with Gasteiger partial charge in [-0.2, -0.15) is 21.6 Å². The summed E-state index contributed by atoms with van der Waals surface area (Å²) in [5, 5.41) is 0. The van der Waals surface area contributed by atoms with Crippen molar-refractivity contribution in [1.29, 1.82) is 0 Å². The Kier molecular flexibility index (Phi) is 8.33. The summed E-state index contributed by atoms with van der Waals surface area (Å²) >= 11 is 0. The molecule has 0 amide bonds. The van der Waals surface area contributed by atoms with Gasteiger partial charge in [-0.15, -0.1) is 0 Å². The third-order valence-electron chi connectivity index (χ3n) is 5.19. The number of esters is 1. The number of H-pyrrole nitrogens is 1. The number of halogens is 3. The van der Waals surface area contributed by atoms with Crippen molar-refractivity contribution >= 4 is 22.2 Å². The maximum absolute atomic E-state index is 13.1. The molecule has 1 aromatic heterocycles. The predicted molar refractivity (Wildman–Crippen MR) is 119 cm³/mol. The lowest BCUT2D eigenvalue weighted by atomic mass is 10.1. The van der Waals surface area contributed by atoms with Crippen molar-refractivity contribution in [2.75, 3.05) is 20.0 Å². The average molecular weight is 566 g/mol. The summed E-state index contributed by atoms with van der Waals surface area (Å²) in [5.41, 5.74) is -3.52. The molecule has 208 valence electrons. The number of aryl methyl sites for hydroxylation is 1. The van der Waals surface area contributed by atoms with Crippen LogP contribution >= 0.6 is 0 Å². The van der Waals surface area contributed by atoms with Gasteiger partial charge in [0.05, 0.1) is 24.5 Å². The van der Waals surface area contributed by atoms with E-state index < -0.39 is 81.9 Å². The quantitative estimate of drug-likeness (QED) is 0.376. The zero-order valence-corrected chi connectivity index (χ0v) is 20.7. The van der Waals surface area contributed by atoms with Gasteiger partial charge in [0.2, 0.25) is 0 Å². The summed E-state index contributed by atoms with van der Waals surface area (Å²) in [6.45, 7) is 0.619. The van der Waals surface area contributed by atoms with E-state index in [0.29, 0.717) is 12.3 Å². The number of benzene rings is 1. The number of ether oxygens (including phenoxy) is 4. The van der Waals surface area contributed by atoms with E-state index in [-0.39, 0.29) is 5.56 Å². The first-order valence-electron chi connectivity index (χ1n) is 10.6. The topological polar surface area (TPSA) is 169 Å². The number of nitrogens with zero attached hydrogens (tertiary/aromatic N) is 1. The fraction of sp³-hybridized carbons (Fsp3) is 0.429. The van der Waals surface area contributed by atoms with Crippen LogP contribution in [-0.2, 0) is 39.4 Å². The third kappa shape index (κ3) is 6.78. The molecule has 4 atom stereocenters. The van der Waals surface area contributed by atoms with Crippen LogP contribution in [0.25, 0.3) is 0 Å². The van der Waals surface area contributed by atoms with Crippen molar-refractivity contribution in [3.63, 3.8) is 0 Å². The monoisotopic (exact) mass is 566 g/mol. The van der Waals surface area contributed by atoms with E-state index in [0.717, 1.165) is 36.1 Å². The smallest absolute Gasteiger partial charge is 0.451 e. The van der Waals surface area contributed by atoms with Crippen molar-refractivity contribution in [2.45, 2.75) is 37.6 Å². The molecule has 1 aliphatic rings. The number of aromatic amines is 1. The van der Waals surface area contributed by atoms with Gasteiger partial charge >= 0.3 is 24.0 Å². The molecule has 3 rings (SSSR count). The minimum Gasteiger partial charge on any atom is -0.451 e. The molecule has 0 saturated carbocycles. The Labute approximate surface area is 212 Å². The number of rotatable bonds is 7. The first-order valence-corrected chi connectivity index (χ1v) is 12.4. The molecule has 0 aliphatic carbocycles. The molecule has 1 fully saturated rings. The number of aromatic nitrogens is 2. The predicted octanol–water partition coefficient (Wildman–Crippen LogP) is 1.11. The Bertz CT molecular complexity index is 1430. The molecule has 0 bridgehead atoms. The Hall–Kier alpha value is -3.70. The van der Waals surface area contributed by atoms with E-state index in [1.165, 1.54) is 6.92 Å². The molecule has 0 spiro atoms. The molecule has 2 aromatic rings. The summed E-state index contributed by atoms with van der Waals surface area (Å²) in [6.07, 6.45) is -11.0. The van der Waals surface area contributed by atoms with Gasteiger partial charge in [0.15, 0.2) is 12.3 Å². The number of carbonyl (C=O) groups is 2. The Balaban J connectivity index is 2.07. The van der Waals surface area contributed by atoms with Crippen LogP contribution in [0.4, 0.5) is 18.0 Å². The molecule has 1 aliphatic heterocycles. The average Bonchev–Trinajstić information content (AvgIpc) is 3.14. The fourth-order valence-electron chi connectivity index (χ4n) is 3.51. The van der Waals surface area contributed by atoms with Gasteiger partial charge in [-0.05, 0) is 25.1 Å². The molecule has 1 saturated heterocycles. The number of hydrogen-bond donors (Lipinski definition) is 1. The highest BCUT2D eigenvalue weighted by molar-refractivity contribution is 7.86. The van der Waals surface area contributed by atoms with Gasteiger partial charge in [0.25, 0.3) is 15.7 Å². The Morgan fingerprint density at radius 2 is 1.87 bits per heavy atom. The van der Waals surface area contributed by atoms with Gasteiger partial charge in [-0.1, -0.05) is 6.07 Å². The van der Waals surface area contributed by atoms with Crippen molar-refractivity contribution in [3.05, 3.63) is 68.0 Å². The largest absolute Gasteiger partial charge is 0.508 e. The second-order valence-electron chi connectivity index (χ2n) is 8.02. The van der Waals surface area contributed by atoms with E-state index in [1.54, 1.807) is 0 Å². The molecule has 1 aromatic carbocycles. The standard InChI is InChI=1S/C21H21F3N2O11S/c1-10-8-26(19(29)25-16(10)27)17-15(36-18(28)11-5-4-6-12(7-11)21(22,23)24)14(37-38(3,31)32)13(35-17)9-34-20(30)33-2/h4-8,13-15,17H,9H2,1-3H3,(H,25,27,29)/t13-,14+,15-,17-/m1/s1. The lowest BCUT2D eigenvalue weighted by molar-refractivity contribution is -0.137. The van der Waals surface area contributed by atoms with Gasteiger partial charge in [0.1, 0.15) is 18.8 Å². The van der Waals surface area contributed by atoms with E-state index in [4.69, 9.17) is 18.4 Å². The number of hydrogen-bond acceptors (Lipinski definition) is 11. The van der Waals surface area contributed by atoms with Crippen molar-refractivity contribution < 1.29 is 54.3 Å². The molecule has 2 heterocycles. The van der Waals surface area contributed by atoms with Crippen LogP contribution in [0.1, 0.15) is 27.7 Å². The Morgan fingerprint density at radius 1 is 1.18 bits per heavy atom. The molecule has 0 unspecified atom stereocenters. The third-order valence-corrected chi connectivity index (χ3v) is 5.76. The van der Waals surface area contributed by atoms with Gasteiger partial charge in [-0.3, -0.25) is 18.5 Å². The zero-order chi connectivity index (χ0) is 28.4. The first-order chi connectivity index (χ1) is 17.6. The zero-order valence-electron chi connectivity index (χ0n) is 19.9. The molecule has 38 heavy (non-hydrogen) atoms. The number of carbonyl (C=O) groups excluding carboxylic acids is 2. The maximum Gasteiger partial charge on any atom is 0.508 e. The lowest BCUT2D eigenvalue weighted by Gasteiger charge is -2.24. The minimum atomic E-state index is -4.78. The van der Waals surface area contributed by atoms with Crippen LogP contribution in [0.3, 0.4) is 0 Å². The van der Waals surface area contributed by atoms with E-state index >= 15 is 0 Å². The Morgan fingerprint density at radius 3 is 2.47 bits per heavy atom. The SMILES string of the molecule is COC(=O)OC[C@H]1O[C@@H](n2cc(C)c(=O)[nH]c2=O)[C@H](OC(=O)c2cccc(C(F)(F)F)c2)[C@H]1OS(C)(=O)=O. The van der Waals surface area contributed by atoms with Crippen molar-refractivity contribution in [3.8, 4) is 0 Å². The maximum atomic E-state index is 13.1. The number of alkyl halides is 3. The fourth-order valence-corrected chi connectivity index (χ4v) is 4.15. The van der Waals surface area contributed by atoms with Gasteiger partial charge < -0.3 is 18.9 Å². The molecule has 13 nitrogen and oxygen atoms in total. The molecule has 17 heteroatoms. The van der Waals surface area contributed by atoms with Crippen molar-refractivity contribution in [2.24, 2.45) is 0 Å². The van der Waals surface area contributed by atoms with Crippen LogP contribution in [0.2, 0.25) is 0 Å². The van der Waals surface area contributed by atoms with E-state index in [2.05, 4.69) is 4.74 Å². The van der Waals surface area contributed by atoms with Crippen LogP contribution in [0, 0.1) is 6.92 Å². The van der Waals surface area contributed by atoms with Crippen LogP contribution in [0.15, 0.2) is 40.1 Å². The summed E-state index contributed by atoms with van der Waals surface area (Å²) in [4.78, 5) is 50.7. The summed E-state index contributed by atoms with van der Waals surface area (Å²) in [6, 6.07) is 3.20. The molecule has 0 radical (unpaired) electrons. The second kappa shape index (κ2) is 11.0. The molecular formula is C21H21F3N2O11S. The summed E-state index contributed by atoms with van der Waals surface area (Å²) in [5.74, 6) is -1.35. The van der Waals surface area contributed by atoms with Gasteiger partial charge in [-0.25, -0.2) is 14.4 Å². The van der Waals surface area contributed by atoms with Crippen LogP contribution in [-0.4, -0.2) is 68.4 Å². The van der Waals surface area contributed by atoms with Crippen molar-refractivity contribution in [1.82, 2.24) is 9.55 Å². The highest BCUT2D eigenvalue weighted by Crippen LogP contribution is 2.35. The lowest BCUT2D eigenvalue weighted by Crippen LogP contribution is -2.43. The highest BCUT2D eigenvalue weighted by Gasteiger charge is 2.51. The summed E-state index contributed by atoms with van der Waals surface area (Å²) < 4.78 is 89.3. The second-order valence-corrected chi connectivity index (χ2v) is 9.62. The van der Waals surface area contributed by atoms with Gasteiger partial charge in [0, 0.05) is 11.8 Å². The normalized spacial score (nSPS) is 21.6. The first kappa shape index (κ1) is 28.9. The van der Waals surface area contributed by atoms with Crippen LogP contribution < -0.4 is 11.2 Å². The van der Waals surface area contributed by atoms with E-state index in [1.807, 2.05) is 4.98 Å². The summed E-state index contributed by atoms with van der Waals surface area (Å²) in [7, 11) is -3.32. The van der Waals surface area contributed by atoms with Crippen LogP contribution in [0.5, 0.6) is 0 Å². The minimum absolute atomic E-state index is 0.00555. The number of nitrogens with one attached hydrogen (secondary N) is 1. The van der Waals surface area contributed by atoms with E-state index in [9.17, 15) is 40.8 Å². The number of methoxy groups -OCH3 is 1. The molecule has 1 N–H and O–H groups in total.